The number of phenols is 1. The molecule has 8 heteroatoms. The van der Waals surface area contributed by atoms with Crippen molar-refractivity contribution in [2.75, 3.05) is 26.2 Å². The number of carbonyl (C=O) groups excluding carboxylic acids is 1. The van der Waals surface area contributed by atoms with Crippen LogP contribution in [0.4, 0.5) is 0 Å². The molecule has 0 unspecified atom stereocenters. The van der Waals surface area contributed by atoms with E-state index in [1.807, 2.05) is 12.1 Å². The lowest BCUT2D eigenvalue weighted by Crippen LogP contribution is -2.46. The van der Waals surface area contributed by atoms with Crippen LogP contribution in [0.5, 0.6) is 5.75 Å². The number of hydrogen-bond donors (Lipinski definition) is 4. The lowest BCUT2D eigenvalue weighted by Gasteiger charge is -2.31. The molecular weight excluding hydrogens is 484 g/mol. The van der Waals surface area contributed by atoms with E-state index in [1.54, 1.807) is 6.07 Å². The summed E-state index contributed by atoms with van der Waals surface area (Å²) in [5.41, 5.74) is 2.78. The highest BCUT2D eigenvalue weighted by atomic mass is 32.1. The molecule has 1 fully saturated rings. The number of nitrogens with zero attached hydrogens (tertiary/aromatic N) is 1. The van der Waals surface area contributed by atoms with Crippen molar-refractivity contribution in [1.82, 2.24) is 20.5 Å². The molecule has 1 amide bonds. The molecule has 0 radical (unpaired) electrons. The average Bonchev–Trinajstić information content (AvgIpc) is 3.53. The first-order chi connectivity index (χ1) is 17.8. The minimum atomic E-state index is -0.158. The van der Waals surface area contributed by atoms with Crippen molar-refractivity contribution in [3.8, 4) is 5.75 Å². The van der Waals surface area contributed by atoms with Gasteiger partial charge in [-0.25, -0.2) is 0 Å². The Bertz CT molecular complexity index is 1210. The molecule has 4 rings (SSSR count). The predicted octanol–water partition coefficient (Wildman–Crippen LogP) is 4.20. The molecule has 0 atom stereocenters. The van der Waals surface area contributed by atoms with Crippen LogP contribution in [0.25, 0.3) is 10.2 Å². The molecule has 0 aliphatic heterocycles. The first kappa shape index (κ1) is 27.4. The Balaban J connectivity index is 1.24. The van der Waals surface area contributed by atoms with Gasteiger partial charge >= 0.3 is 4.87 Å². The molecule has 1 saturated carbocycles. The minimum absolute atomic E-state index is 0.0752. The zero-order chi connectivity index (χ0) is 26.3. The number of H-pyrrole nitrogens is 1. The largest absolute Gasteiger partial charge is 0.506 e. The fourth-order valence-electron chi connectivity index (χ4n) is 5.36. The van der Waals surface area contributed by atoms with Gasteiger partial charge in [-0.3, -0.25) is 9.59 Å². The fourth-order valence-corrected chi connectivity index (χ4v) is 6.26. The summed E-state index contributed by atoms with van der Waals surface area (Å²) in [4.78, 5) is 29.6. The maximum Gasteiger partial charge on any atom is 0.305 e. The van der Waals surface area contributed by atoms with Crippen LogP contribution in [0.1, 0.15) is 57.1 Å². The number of rotatable bonds is 13. The van der Waals surface area contributed by atoms with Gasteiger partial charge in [0.15, 0.2) is 0 Å². The third-order valence-electron chi connectivity index (χ3n) is 7.26. The summed E-state index contributed by atoms with van der Waals surface area (Å²) in [6.07, 6.45) is 6.76. The number of benzene rings is 2. The minimum Gasteiger partial charge on any atom is -0.506 e. The number of fused-ring (bicyclic) bond motifs is 1. The van der Waals surface area contributed by atoms with Gasteiger partial charge < -0.3 is 25.6 Å². The Morgan fingerprint density at radius 3 is 2.62 bits per heavy atom. The Labute approximate surface area is 223 Å². The smallest absolute Gasteiger partial charge is 0.305 e. The molecule has 3 aromatic rings. The molecule has 1 aliphatic carbocycles. The van der Waals surface area contributed by atoms with Crippen LogP contribution in [-0.4, -0.2) is 58.7 Å². The van der Waals surface area contributed by atoms with Crippen LogP contribution in [0.15, 0.2) is 47.3 Å². The quantitative estimate of drug-likeness (QED) is 0.251. The number of aromatic nitrogens is 1. The second-order valence-electron chi connectivity index (χ2n) is 10.7. The van der Waals surface area contributed by atoms with E-state index in [4.69, 9.17) is 0 Å². The van der Waals surface area contributed by atoms with Crippen molar-refractivity contribution in [2.24, 2.45) is 0 Å². The van der Waals surface area contributed by atoms with Gasteiger partial charge in [0, 0.05) is 37.6 Å². The molecular formula is C29H40N4O3S. The molecule has 4 N–H and O–H groups in total. The second-order valence-corrected chi connectivity index (χ2v) is 11.7. The Morgan fingerprint density at radius 2 is 1.86 bits per heavy atom. The third kappa shape index (κ3) is 7.66. The first-order valence-corrected chi connectivity index (χ1v) is 14.3. The highest BCUT2D eigenvalue weighted by molar-refractivity contribution is 7.16. The topological polar surface area (TPSA) is 97.5 Å². The van der Waals surface area contributed by atoms with Gasteiger partial charge in [0.2, 0.25) is 5.91 Å². The number of phenolic OH excluding ortho intramolecular Hbond substituents is 1. The standard InChI is InChI=1S/C29H40N4O3S/c1-29(2,20-21-8-4-3-5-9-21)31-17-15-25(35)33(23-10-6-7-11-23)19-18-30-16-14-22-12-13-24(34)26-27(22)37-28(36)32-26/h3-5,8-9,12-13,23,30-31,34H,6-7,10-11,14-20H2,1-2H3,(H,32,36). The van der Waals surface area contributed by atoms with Crippen molar-refractivity contribution in [3.63, 3.8) is 0 Å². The van der Waals surface area contributed by atoms with Crippen LogP contribution in [-0.2, 0) is 17.6 Å². The SMILES string of the molecule is CC(C)(Cc1ccccc1)NCCC(=O)N(CCNCCc1ccc(O)c2[nH]c(=O)sc12)C1CCCC1. The van der Waals surface area contributed by atoms with Crippen molar-refractivity contribution in [1.29, 1.82) is 0 Å². The number of nitrogens with one attached hydrogen (secondary N) is 3. The number of aromatic amines is 1. The monoisotopic (exact) mass is 524 g/mol. The molecule has 7 nitrogen and oxygen atoms in total. The number of amides is 1. The highest BCUT2D eigenvalue weighted by Gasteiger charge is 2.26. The van der Waals surface area contributed by atoms with Gasteiger partial charge in [0.05, 0.1) is 4.70 Å². The summed E-state index contributed by atoms with van der Waals surface area (Å²) in [6.45, 7) is 7.24. The lowest BCUT2D eigenvalue weighted by molar-refractivity contribution is -0.133. The molecule has 1 heterocycles. The lowest BCUT2D eigenvalue weighted by atomic mass is 9.95. The van der Waals surface area contributed by atoms with E-state index in [0.29, 0.717) is 31.1 Å². The molecule has 200 valence electrons. The van der Waals surface area contributed by atoms with E-state index < -0.39 is 0 Å². The van der Waals surface area contributed by atoms with E-state index in [0.717, 1.165) is 60.4 Å². The number of aromatic hydroxyl groups is 1. The molecule has 0 spiro atoms. The molecule has 1 aliphatic rings. The summed E-state index contributed by atoms with van der Waals surface area (Å²) in [5, 5.41) is 17.1. The van der Waals surface area contributed by atoms with Gasteiger partial charge in [-0.15, -0.1) is 0 Å². The summed E-state index contributed by atoms with van der Waals surface area (Å²) in [5.74, 6) is 0.336. The summed E-state index contributed by atoms with van der Waals surface area (Å²) in [7, 11) is 0. The van der Waals surface area contributed by atoms with Crippen LogP contribution in [0.3, 0.4) is 0 Å². The summed E-state index contributed by atoms with van der Waals surface area (Å²) >= 11 is 1.13. The Morgan fingerprint density at radius 1 is 1.11 bits per heavy atom. The molecule has 1 aromatic heterocycles. The Kier molecular flexibility index (Phi) is 9.40. The molecule has 37 heavy (non-hydrogen) atoms. The summed E-state index contributed by atoms with van der Waals surface area (Å²) in [6, 6.07) is 14.3. The van der Waals surface area contributed by atoms with Crippen molar-refractivity contribution in [2.45, 2.75) is 70.4 Å². The van der Waals surface area contributed by atoms with E-state index >= 15 is 0 Å². The molecule has 0 bridgehead atoms. The molecule has 0 saturated heterocycles. The molecule has 2 aromatic carbocycles. The van der Waals surface area contributed by atoms with Gasteiger partial charge in [0.25, 0.3) is 0 Å². The first-order valence-electron chi connectivity index (χ1n) is 13.5. The third-order valence-corrected chi connectivity index (χ3v) is 8.21. The van der Waals surface area contributed by atoms with Crippen LogP contribution in [0.2, 0.25) is 0 Å². The number of thiazole rings is 1. The van der Waals surface area contributed by atoms with Gasteiger partial charge in [-0.05, 0) is 63.3 Å². The zero-order valence-electron chi connectivity index (χ0n) is 22.0. The van der Waals surface area contributed by atoms with Crippen molar-refractivity contribution in [3.05, 3.63) is 63.3 Å². The van der Waals surface area contributed by atoms with Gasteiger partial charge in [0.1, 0.15) is 11.3 Å². The second kappa shape index (κ2) is 12.7. The maximum absolute atomic E-state index is 13.2. The van der Waals surface area contributed by atoms with Crippen LogP contribution in [0, 0.1) is 0 Å². The van der Waals surface area contributed by atoms with E-state index in [9.17, 15) is 14.7 Å². The normalized spacial score (nSPS) is 14.4. The summed E-state index contributed by atoms with van der Waals surface area (Å²) < 4.78 is 0.817. The maximum atomic E-state index is 13.2. The van der Waals surface area contributed by atoms with Crippen LogP contribution >= 0.6 is 11.3 Å². The van der Waals surface area contributed by atoms with Gasteiger partial charge in [-0.1, -0.05) is 60.6 Å². The van der Waals surface area contributed by atoms with Crippen molar-refractivity contribution >= 4 is 27.5 Å². The van der Waals surface area contributed by atoms with E-state index in [2.05, 4.69) is 58.6 Å². The van der Waals surface area contributed by atoms with Crippen LogP contribution < -0.4 is 15.5 Å². The highest BCUT2D eigenvalue weighted by Crippen LogP contribution is 2.28. The predicted molar refractivity (Wildman–Crippen MR) is 151 cm³/mol. The van der Waals surface area contributed by atoms with Gasteiger partial charge in [-0.2, -0.15) is 0 Å². The fraction of sp³-hybridized carbons (Fsp3) is 0.517. The van der Waals surface area contributed by atoms with E-state index in [-0.39, 0.29) is 22.1 Å². The zero-order valence-corrected chi connectivity index (χ0v) is 22.8. The Hall–Kier alpha value is -2.68. The van der Waals surface area contributed by atoms with Crippen molar-refractivity contribution < 1.29 is 9.90 Å². The number of carbonyl (C=O) groups is 1. The number of hydrogen-bond acceptors (Lipinski definition) is 6. The average molecular weight is 525 g/mol. The van der Waals surface area contributed by atoms with E-state index in [1.165, 1.54) is 18.4 Å².